The van der Waals surface area contributed by atoms with Crippen molar-refractivity contribution in [3.05, 3.63) is 34.3 Å². The minimum Gasteiger partial charge on any atom is -0.619 e. The van der Waals surface area contributed by atoms with Gasteiger partial charge in [0.05, 0.1) is 6.61 Å². The first-order valence-electron chi connectivity index (χ1n) is 3.68. The molecule has 5 heteroatoms. The van der Waals surface area contributed by atoms with E-state index in [1.54, 1.807) is 6.07 Å². The van der Waals surface area contributed by atoms with Gasteiger partial charge in [-0.05, 0) is 5.56 Å². The number of aliphatic hydroxyl groups excluding tert-OH is 1. The van der Waals surface area contributed by atoms with E-state index in [-0.39, 0.29) is 18.7 Å². The Morgan fingerprint density at radius 1 is 1.69 bits per heavy atom. The highest BCUT2D eigenvalue weighted by Gasteiger charge is 2.06. The van der Waals surface area contributed by atoms with E-state index in [0.717, 1.165) is 0 Å². The molecule has 0 fully saturated rings. The molecule has 0 radical (unpaired) electrons. The molecule has 0 aliphatic heterocycles. The molecule has 1 heterocycles. The van der Waals surface area contributed by atoms with E-state index in [1.165, 1.54) is 12.4 Å². The van der Waals surface area contributed by atoms with E-state index in [4.69, 9.17) is 22.1 Å². The minimum atomic E-state index is -0.289. The van der Waals surface area contributed by atoms with Crippen LogP contribution in [0.25, 0.3) is 0 Å². The van der Waals surface area contributed by atoms with Gasteiger partial charge in [-0.25, -0.2) is 0 Å². The lowest BCUT2D eigenvalue weighted by atomic mass is 10.1. The van der Waals surface area contributed by atoms with Gasteiger partial charge in [0.25, 0.3) is 0 Å². The van der Waals surface area contributed by atoms with Gasteiger partial charge in [-0.1, -0.05) is 11.6 Å². The molecule has 1 aromatic heterocycles. The molecule has 0 aliphatic rings. The molecule has 0 aliphatic carbocycles. The summed E-state index contributed by atoms with van der Waals surface area (Å²) in [6.07, 6.45) is 2.81. The molecule has 13 heavy (non-hydrogen) atoms. The van der Waals surface area contributed by atoms with Crippen LogP contribution in [-0.4, -0.2) is 17.4 Å². The van der Waals surface area contributed by atoms with Crippen molar-refractivity contribution in [3.63, 3.8) is 0 Å². The second-order valence-corrected chi connectivity index (χ2v) is 3.02. The number of hydrogen-bond donors (Lipinski definition) is 2. The van der Waals surface area contributed by atoms with Gasteiger partial charge in [0.1, 0.15) is 5.02 Å². The van der Waals surface area contributed by atoms with Crippen LogP contribution in [-0.2, 0) is 6.42 Å². The number of aliphatic hydroxyl groups is 1. The van der Waals surface area contributed by atoms with Crippen molar-refractivity contribution in [1.82, 2.24) is 0 Å². The van der Waals surface area contributed by atoms with Crippen LogP contribution in [0.1, 0.15) is 5.56 Å². The Hall–Kier alpha value is -1.13. The van der Waals surface area contributed by atoms with Crippen molar-refractivity contribution in [2.75, 3.05) is 6.61 Å². The number of nitrogens with zero attached hydrogens (tertiary/aromatic N) is 1. The van der Waals surface area contributed by atoms with Crippen LogP contribution in [0.15, 0.2) is 18.5 Å². The van der Waals surface area contributed by atoms with E-state index in [1.807, 2.05) is 0 Å². The van der Waals surface area contributed by atoms with Gasteiger partial charge in [-0.3, -0.25) is 0 Å². The molecule has 1 rings (SSSR count). The number of hydrogen-bond acceptors (Lipinski definition) is 3. The topological polar surface area (TPSA) is 71.0 Å². The van der Waals surface area contributed by atoms with Crippen molar-refractivity contribution in [2.45, 2.75) is 6.42 Å². The molecule has 1 aromatic rings. The third kappa shape index (κ3) is 2.68. The molecular formula is C8H9ClN2O2. The summed E-state index contributed by atoms with van der Waals surface area (Å²) in [5.74, 6) is 0. The van der Waals surface area contributed by atoms with Crippen LogP contribution >= 0.6 is 11.6 Å². The minimum absolute atomic E-state index is 0.172. The lowest BCUT2D eigenvalue weighted by Gasteiger charge is -2.03. The van der Waals surface area contributed by atoms with E-state index < -0.39 is 0 Å². The summed E-state index contributed by atoms with van der Waals surface area (Å²) >= 11 is 5.73. The second-order valence-electron chi connectivity index (χ2n) is 2.62. The SMILES string of the molecule is N=C(CO)Cc1cc[n+]([O-])cc1Cl. The van der Waals surface area contributed by atoms with E-state index >= 15 is 0 Å². The molecule has 0 aromatic carbocycles. The maximum absolute atomic E-state index is 10.7. The van der Waals surface area contributed by atoms with Crippen molar-refractivity contribution >= 4 is 17.3 Å². The molecule has 0 unspecified atom stereocenters. The maximum Gasteiger partial charge on any atom is 0.199 e. The first-order valence-corrected chi connectivity index (χ1v) is 4.05. The second kappa shape index (κ2) is 4.20. The summed E-state index contributed by atoms with van der Waals surface area (Å²) in [6.45, 7) is -0.289. The number of aromatic nitrogens is 1. The van der Waals surface area contributed by atoms with Gasteiger partial charge in [-0.2, -0.15) is 4.73 Å². The highest BCUT2D eigenvalue weighted by molar-refractivity contribution is 6.31. The van der Waals surface area contributed by atoms with Crippen molar-refractivity contribution in [1.29, 1.82) is 5.41 Å². The standard InChI is InChI=1S/C8H9ClN2O2/c9-8-4-11(13)2-1-6(8)3-7(10)5-12/h1-2,4,10,12H,3,5H2. The number of pyridine rings is 1. The molecule has 70 valence electrons. The number of nitrogens with one attached hydrogen (secondary N) is 1. The average Bonchev–Trinajstić information content (AvgIpc) is 2.09. The van der Waals surface area contributed by atoms with Gasteiger partial charge in [-0.15, -0.1) is 0 Å². The molecule has 4 nitrogen and oxygen atoms in total. The normalized spacial score (nSPS) is 10.0. The molecule has 0 atom stereocenters. The first-order chi connectivity index (χ1) is 6.13. The largest absolute Gasteiger partial charge is 0.619 e. The molecule has 2 N–H and O–H groups in total. The van der Waals surface area contributed by atoms with Crippen LogP contribution in [0.4, 0.5) is 0 Å². The first kappa shape index (κ1) is 9.95. The van der Waals surface area contributed by atoms with Gasteiger partial charge in [0, 0.05) is 18.2 Å². The number of halogens is 1. The van der Waals surface area contributed by atoms with Crippen LogP contribution in [0.2, 0.25) is 5.02 Å². The monoisotopic (exact) mass is 200 g/mol. The quantitative estimate of drug-likeness (QED) is 0.425. The third-order valence-corrected chi connectivity index (χ3v) is 1.91. The Kier molecular flexibility index (Phi) is 3.22. The lowest BCUT2D eigenvalue weighted by Crippen LogP contribution is -2.24. The summed E-state index contributed by atoms with van der Waals surface area (Å²) in [5.41, 5.74) is 0.846. The van der Waals surface area contributed by atoms with Crippen LogP contribution in [0.5, 0.6) is 0 Å². The molecule has 0 amide bonds. The zero-order valence-electron chi connectivity index (χ0n) is 6.83. The molecule has 0 bridgehead atoms. The smallest absolute Gasteiger partial charge is 0.199 e. The van der Waals surface area contributed by atoms with Gasteiger partial charge in [0.15, 0.2) is 12.4 Å². The zero-order chi connectivity index (χ0) is 9.84. The van der Waals surface area contributed by atoms with Crippen LogP contribution in [0.3, 0.4) is 0 Å². The summed E-state index contributed by atoms with van der Waals surface area (Å²) in [5, 5.41) is 26.9. The van der Waals surface area contributed by atoms with Crippen LogP contribution < -0.4 is 4.73 Å². The van der Waals surface area contributed by atoms with Gasteiger partial charge < -0.3 is 15.7 Å². The lowest BCUT2D eigenvalue weighted by molar-refractivity contribution is -0.605. The van der Waals surface area contributed by atoms with E-state index in [0.29, 0.717) is 15.3 Å². The van der Waals surface area contributed by atoms with Crippen molar-refractivity contribution in [2.24, 2.45) is 0 Å². The fourth-order valence-corrected chi connectivity index (χ4v) is 1.14. The third-order valence-electron chi connectivity index (χ3n) is 1.56. The fraction of sp³-hybridized carbons (Fsp3) is 0.250. The Bertz CT molecular complexity index is 328. The van der Waals surface area contributed by atoms with Gasteiger partial charge >= 0.3 is 0 Å². The molecular weight excluding hydrogens is 192 g/mol. The Labute approximate surface area is 80.5 Å². The maximum atomic E-state index is 10.7. The predicted molar refractivity (Wildman–Crippen MR) is 48.9 cm³/mol. The van der Waals surface area contributed by atoms with Crippen molar-refractivity contribution in [3.8, 4) is 0 Å². The van der Waals surface area contributed by atoms with Crippen molar-refractivity contribution < 1.29 is 9.84 Å². The molecule has 0 saturated carbocycles. The average molecular weight is 201 g/mol. The molecule has 0 spiro atoms. The van der Waals surface area contributed by atoms with E-state index in [2.05, 4.69) is 0 Å². The van der Waals surface area contributed by atoms with E-state index in [9.17, 15) is 5.21 Å². The Morgan fingerprint density at radius 3 is 2.92 bits per heavy atom. The van der Waals surface area contributed by atoms with Crippen LogP contribution in [0, 0.1) is 10.6 Å². The fourth-order valence-electron chi connectivity index (χ4n) is 0.910. The van der Waals surface area contributed by atoms with Gasteiger partial charge in [0.2, 0.25) is 0 Å². The summed E-state index contributed by atoms with van der Waals surface area (Å²) in [7, 11) is 0. The Morgan fingerprint density at radius 2 is 2.38 bits per heavy atom. The molecule has 0 saturated heterocycles. The summed E-state index contributed by atoms with van der Waals surface area (Å²) < 4.78 is 0.592. The number of rotatable bonds is 3. The summed E-state index contributed by atoms with van der Waals surface area (Å²) in [6, 6.07) is 1.54. The summed E-state index contributed by atoms with van der Waals surface area (Å²) in [4.78, 5) is 0. The Balaban J connectivity index is 2.83. The highest BCUT2D eigenvalue weighted by Crippen LogP contribution is 2.13. The highest BCUT2D eigenvalue weighted by atomic mass is 35.5. The zero-order valence-corrected chi connectivity index (χ0v) is 7.58. The predicted octanol–water partition coefficient (Wildman–Crippen LogP) is 0.528.